The lowest BCUT2D eigenvalue weighted by molar-refractivity contribution is 0.426. The Morgan fingerprint density at radius 2 is 1.23 bits per heavy atom. The highest BCUT2D eigenvalue weighted by Crippen LogP contribution is 2.43. The largest absolute Gasteiger partial charge is 0.488 e. The highest BCUT2D eigenvalue weighted by molar-refractivity contribution is 6.58. The monoisotopic (exact) mass is 455 g/mol. The summed E-state index contributed by atoms with van der Waals surface area (Å²) in [5.74, 6) is 0. The van der Waals surface area contributed by atoms with Crippen molar-refractivity contribution in [3.8, 4) is 11.1 Å². The number of benzene rings is 5. The Labute approximate surface area is 203 Å². The van der Waals surface area contributed by atoms with Crippen LogP contribution in [-0.2, 0) is 0 Å². The molecule has 0 aliphatic rings. The van der Waals surface area contributed by atoms with Crippen molar-refractivity contribution >= 4 is 51.6 Å². The molecule has 0 fully saturated rings. The molecule has 4 nitrogen and oxygen atoms in total. The zero-order valence-electron chi connectivity index (χ0n) is 18.9. The van der Waals surface area contributed by atoms with E-state index in [1.54, 1.807) is 12.1 Å². The fraction of sp³-hybridized carbons (Fsp3) is 0. The Hall–Kier alpha value is -4.32. The van der Waals surface area contributed by atoms with Crippen LogP contribution in [0.15, 0.2) is 126 Å². The number of nitrogens with zero attached hydrogens (tertiary/aromatic N) is 1. The van der Waals surface area contributed by atoms with Crippen LogP contribution in [0.25, 0.3) is 33.1 Å². The van der Waals surface area contributed by atoms with Gasteiger partial charge in [0, 0.05) is 16.8 Å². The minimum atomic E-state index is -1.56. The molecule has 168 valence electrons. The second kappa shape index (κ2) is 8.80. The first-order valence-electron chi connectivity index (χ1n) is 11.5. The Bertz CT molecular complexity index is 1640. The fourth-order valence-electron chi connectivity index (χ4n) is 4.65. The van der Waals surface area contributed by atoms with Crippen LogP contribution in [0.2, 0.25) is 0 Å². The first kappa shape index (κ1) is 21.2. The Kier molecular flexibility index (Phi) is 5.34. The number of fused-ring (bicyclic) bond motifs is 3. The van der Waals surface area contributed by atoms with E-state index in [0.29, 0.717) is 5.46 Å². The van der Waals surface area contributed by atoms with Gasteiger partial charge >= 0.3 is 7.12 Å². The molecule has 5 aromatic carbocycles. The third kappa shape index (κ3) is 3.87. The van der Waals surface area contributed by atoms with E-state index in [0.717, 1.165) is 50.1 Å². The zero-order chi connectivity index (χ0) is 23.8. The van der Waals surface area contributed by atoms with Gasteiger partial charge in [-0.2, -0.15) is 0 Å². The van der Waals surface area contributed by atoms with Crippen molar-refractivity contribution in [3.63, 3.8) is 0 Å². The normalized spacial score (nSPS) is 11.1. The average Bonchev–Trinajstić information content (AvgIpc) is 3.29. The molecule has 1 heterocycles. The molecular weight excluding hydrogens is 433 g/mol. The van der Waals surface area contributed by atoms with Crippen molar-refractivity contribution in [3.05, 3.63) is 121 Å². The topological polar surface area (TPSA) is 56.8 Å². The predicted octanol–water partition coefficient (Wildman–Crippen LogP) is 6.40. The lowest BCUT2D eigenvalue weighted by Gasteiger charge is -2.27. The first-order chi connectivity index (χ1) is 17.2. The summed E-state index contributed by atoms with van der Waals surface area (Å²) >= 11 is 0. The highest BCUT2D eigenvalue weighted by Gasteiger charge is 2.21. The van der Waals surface area contributed by atoms with Gasteiger partial charge in [0.1, 0.15) is 11.2 Å². The van der Waals surface area contributed by atoms with Crippen LogP contribution in [-0.4, -0.2) is 17.2 Å². The third-order valence-electron chi connectivity index (χ3n) is 6.26. The van der Waals surface area contributed by atoms with E-state index in [2.05, 4.69) is 47.4 Å². The van der Waals surface area contributed by atoms with Crippen LogP contribution in [0.5, 0.6) is 0 Å². The Morgan fingerprint density at radius 3 is 2.06 bits per heavy atom. The van der Waals surface area contributed by atoms with E-state index >= 15 is 0 Å². The maximum atomic E-state index is 9.87. The molecule has 0 bridgehead atoms. The van der Waals surface area contributed by atoms with Gasteiger partial charge in [-0.1, -0.05) is 78.9 Å². The van der Waals surface area contributed by atoms with Gasteiger partial charge in [0.25, 0.3) is 0 Å². The van der Waals surface area contributed by atoms with Crippen LogP contribution in [0.3, 0.4) is 0 Å². The minimum Gasteiger partial charge on any atom is -0.456 e. The van der Waals surface area contributed by atoms with Gasteiger partial charge in [-0.25, -0.2) is 0 Å². The maximum absolute atomic E-state index is 9.87. The van der Waals surface area contributed by atoms with Gasteiger partial charge in [-0.3, -0.25) is 0 Å². The van der Waals surface area contributed by atoms with Crippen molar-refractivity contribution in [2.24, 2.45) is 0 Å². The summed E-state index contributed by atoms with van der Waals surface area (Å²) in [5, 5.41) is 21.8. The van der Waals surface area contributed by atoms with Crippen LogP contribution in [0, 0.1) is 0 Å². The van der Waals surface area contributed by atoms with E-state index in [4.69, 9.17) is 4.42 Å². The standard InChI is InChI=1S/C30H22BNO3/c33-31(34)23-12-7-14-25(20-23)32(24-13-6-11-22(19-24)21-9-2-1-3-10-21)27-16-8-18-29-30(27)26-15-4-5-17-28(26)35-29/h1-20,33-34H. The van der Waals surface area contributed by atoms with Gasteiger partial charge in [0.2, 0.25) is 0 Å². The minimum absolute atomic E-state index is 0.427. The van der Waals surface area contributed by atoms with E-state index in [9.17, 15) is 10.0 Å². The fourth-order valence-corrected chi connectivity index (χ4v) is 4.65. The molecule has 1 aromatic heterocycles. The van der Waals surface area contributed by atoms with Gasteiger partial charge in [0.15, 0.2) is 0 Å². The van der Waals surface area contributed by atoms with Crippen molar-refractivity contribution < 1.29 is 14.5 Å². The number of rotatable bonds is 5. The molecule has 0 amide bonds. The van der Waals surface area contributed by atoms with Crippen molar-refractivity contribution in [2.45, 2.75) is 0 Å². The van der Waals surface area contributed by atoms with Gasteiger partial charge in [-0.15, -0.1) is 0 Å². The van der Waals surface area contributed by atoms with Crippen LogP contribution in [0.1, 0.15) is 0 Å². The summed E-state index contributed by atoms with van der Waals surface area (Å²) in [6.07, 6.45) is 0. The summed E-state index contributed by atoms with van der Waals surface area (Å²) in [5.41, 5.74) is 6.99. The molecule has 2 N–H and O–H groups in total. The summed E-state index contributed by atoms with van der Waals surface area (Å²) in [6.45, 7) is 0. The smallest absolute Gasteiger partial charge is 0.456 e. The molecule has 6 aromatic rings. The first-order valence-corrected chi connectivity index (χ1v) is 11.5. The number of furan rings is 1. The van der Waals surface area contributed by atoms with Crippen molar-refractivity contribution in [2.75, 3.05) is 4.90 Å². The molecule has 0 saturated heterocycles. The molecule has 0 aliphatic carbocycles. The molecule has 35 heavy (non-hydrogen) atoms. The highest BCUT2D eigenvalue weighted by atomic mass is 16.4. The predicted molar refractivity (Wildman–Crippen MR) is 144 cm³/mol. The maximum Gasteiger partial charge on any atom is 0.488 e. The molecular formula is C30H22BNO3. The van der Waals surface area contributed by atoms with Gasteiger partial charge in [-0.05, 0) is 59.1 Å². The average molecular weight is 455 g/mol. The molecule has 6 rings (SSSR count). The van der Waals surface area contributed by atoms with Crippen LogP contribution < -0.4 is 10.4 Å². The van der Waals surface area contributed by atoms with E-state index in [1.807, 2.05) is 66.7 Å². The number of para-hydroxylation sites is 1. The molecule has 5 heteroatoms. The molecule has 0 atom stereocenters. The second-order valence-electron chi connectivity index (χ2n) is 8.47. The number of hydrogen-bond donors (Lipinski definition) is 2. The summed E-state index contributed by atoms with van der Waals surface area (Å²) < 4.78 is 6.16. The molecule has 0 spiro atoms. The second-order valence-corrected chi connectivity index (χ2v) is 8.47. The molecule has 0 aliphatic heterocycles. The van der Waals surface area contributed by atoms with E-state index in [1.165, 1.54) is 0 Å². The lowest BCUT2D eigenvalue weighted by Crippen LogP contribution is -2.30. The van der Waals surface area contributed by atoms with Crippen molar-refractivity contribution in [1.82, 2.24) is 0 Å². The lowest BCUT2D eigenvalue weighted by atomic mass is 9.80. The molecule has 0 saturated carbocycles. The number of anilines is 3. The summed E-state index contributed by atoms with van der Waals surface area (Å²) in [6, 6.07) is 40.0. The van der Waals surface area contributed by atoms with Crippen LogP contribution >= 0.6 is 0 Å². The third-order valence-corrected chi connectivity index (χ3v) is 6.26. The summed E-state index contributed by atoms with van der Waals surface area (Å²) in [4.78, 5) is 2.14. The molecule has 0 unspecified atom stereocenters. The molecule has 0 radical (unpaired) electrons. The van der Waals surface area contributed by atoms with E-state index < -0.39 is 7.12 Å². The van der Waals surface area contributed by atoms with Crippen LogP contribution in [0.4, 0.5) is 17.1 Å². The van der Waals surface area contributed by atoms with Gasteiger partial charge in [0.05, 0.1) is 11.1 Å². The quantitative estimate of drug-likeness (QED) is 0.295. The Morgan fingerprint density at radius 1 is 0.571 bits per heavy atom. The van der Waals surface area contributed by atoms with E-state index in [-0.39, 0.29) is 0 Å². The zero-order valence-corrected chi connectivity index (χ0v) is 18.9. The SMILES string of the molecule is OB(O)c1cccc(N(c2cccc(-c3ccccc3)c2)c2cccc3oc4ccccc4c23)c1. The van der Waals surface area contributed by atoms with Gasteiger partial charge < -0.3 is 19.4 Å². The summed E-state index contributed by atoms with van der Waals surface area (Å²) in [7, 11) is -1.56. The van der Waals surface area contributed by atoms with Crippen molar-refractivity contribution in [1.29, 1.82) is 0 Å². The number of hydrogen-bond acceptors (Lipinski definition) is 4. The Balaban J connectivity index is 1.63.